The molecule has 4 saturated carbocycles. The monoisotopic (exact) mass is 553 g/mol. The first kappa shape index (κ1) is 27.7. The van der Waals surface area contributed by atoms with Crippen molar-refractivity contribution < 1.29 is 34.3 Å². The topological polar surface area (TPSA) is 118 Å². The van der Waals surface area contributed by atoms with Crippen molar-refractivity contribution in [1.82, 2.24) is 0 Å². The van der Waals surface area contributed by atoms with Gasteiger partial charge in [-0.2, -0.15) is 0 Å². The number of ether oxygens (including phenoxy) is 3. The fourth-order valence-electron chi connectivity index (χ4n) is 9.63. The Morgan fingerprint density at radius 2 is 1.73 bits per heavy atom. The van der Waals surface area contributed by atoms with Gasteiger partial charge in [0.15, 0.2) is 0 Å². The lowest BCUT2D eigenvalue weighted by molar-refractivity contribution is -0.237. The Hall–Kier alpha value is -2.42. The van der Waals surface area contributed by atoms with Crippen LogP contribution in [0.2, 0.25) is 0 Å². The molecule has 0 aromatic heterocycles. The number of aliphatic hydroxyl groups is 3. The van der Waals surface area contributed by atoms with Crippen molar-refractivity contribution in [3.8, 4) is 11.5 Å². The zero-order valence-corrected chi connectivity index (χ0v) is 23.9. The molecule has 0 saturated heterocycles. The Morgan fingerprint density at radius 3 is 2.40 bits per heavy atom. The highest BCUT2D eigenvalue weighted by molar-refractivity contribution is 5.85. The first-order chi connectivity index (χ1) is 19.1. The number of aliphatic imine (C=N–C) groups is 1. The van der Waals surface area contributed by atoms with Gasteiger partial charge in [0.1, 0.15) is 18.1 Å². The molecule has 6 rings (SSSR count). The maximum atomic E-state index is 12.6. The van der Waals surface area contributed by atoms with Gasteiger partial charge in [-0.1, -0.05) is 6.92 Å². The molecule has 5 aliphatic rings. The van der Waals surface area contributed by atoms with Gasteiger partial charge in [-0.05, 0) is 92.4 Å². The molecule has 0 unspecified atom stereocenters. The molecule has 40 heavy (non-hydrogen) atoms. The highest BCUT2D eigenvalue weighted by atomic mass is 16.5. The average molecular weight is 554 g/mol. The third kappa shape index (κ3) is 4.04. The summed E-state index contributed by atoms with van der Waals surface area (Å²) >= 11 is 0. The lowest BCUT2D eigenvalue weighted by Crippen LogP contribution is -2.68. The predicted molar refractivity (Wildman–Crippen MR) is 149 cm³/mol. The number of hydrogen-bond acceptors (Lipinski definition) is 8. The Bertz CT molecular complexity index is 1210. The Labute approximate surface area is 236 Å². The zero-order chi connectivity index (χ0) is 28.3. The van der Waals surface area contributed by atoms with E-state index in [1.165, 1.54) is 0 Å². The number of fused-ring (bicyclic) bond motifs is 5. The molecule has 0 spiro atoms. The number of carbonyl (C=O) groups is 1. The molecular formula is C32H43NO7. The average Bonchev–Trinajstić information content (AvgIpc) is 3.48. The van der Waals surface area contributed by atoms with Gasteiger partial charge in [-0.3, -0.25) is 4.99 Å². The van der Waals surface area contributed by atoms with Crippen molar-refractivity contribution in [3.05, 3.63) is 35.4 Å². The number of cyclic esters (lactones) is 1. The molecule has 8 nitrogen and oxygen atoms in total. The molecule has 0 amide bonds. The van der Waals surface area contributed by atoms with E-state index in [2.05, 4.69) is 6.92 Å². The maximum absolute atomic E-state index is 12.6. The second-order valence-corrected chi connectivity index (χ2v) is 13.2. The van der Waals surface area contributed by atoms with Crippen LogP contribution in [0.4, 0.5) is 0 Å². The van der Waals surface area contributed by atoms with Gasteiger partial charge in [0.05, 0.1) is 38.1 Å². The van der Waals surface area contributed by atoms with Crippen LogP contribution in [0.25, 0.3) is 0 Å². The fourth-order valence-corrected chi connectivity index (χ4v) is 9.63. The van der Waals surface area contributed by atoms with Gasteiger partial charge in [-0.15, -0.1) is 0 Å². The first-order valence-electron chi connectivity index (χ1n) is 14.8. The number of aliphatic hydroxyl groups excluding tert-OH is 1. The van der Waals surface area contributed by atoms with Gasteiger partial charge >= 0.3 is 5.97 Å². The van der Waals surface area contributed by atoms with Gasteiger partial charge in [0, 0.05) is 35.6 Å². The highest BCUT2D eigenvalue weighted by Gasteiger charge is 2.71. The molecule has 8 atom stereocenters. The second kappa shape index (κ2) is 9.85. The molecule has 0 radical (unpaired) electrons. The quantitative estimate of drug-likeness (QED) is 0.360. The minimum absolute atomic E-state index is 0.00811. The summed E-state index contributed by atoms with van der Waals surface area (Å²) in [5.41, 5.74) is -0.986. The van der Waals surface area contributed by atoms with E-state index in [4.69, 9.17) is 19.2 Å². The summed E-state index contributed by atoms with van der Waals surface area (Å²) in [7, 11) is 3.25. The standard InChI is InChI=1S/C32H43NO7/c1-29-8-5-26-27(32(29,37)11-7-25(29)21-14-28(35)40-18-21)6-10-31(36)16-22(34)4-9-30(26,31)19-33-17-20-12-23(38-2)15-24(13-20)39-3/h12-15,19,22,25-27,34,36-37H,4-11,16-18H2,1-3H3/t22-,25+,26-,27+,29+,30-,31+,32+/m0/s1. The lowest BCUT2D eigenvalue weighted by atomic mass is 9.41. The van der Waals surface area contributed by atoms with E-state index in [0.29, 0.717) is 63.2 Å². The molecule has 8 heteroatoms. The normalized spacial score (nSPS) is 42.5. The van der Waals surface area contributed by atoms with E-state index in [9.17, 15) is 20.1 Å². The summed E-state index contributed by atoms with van der Waals surface area (Å²) in [5.74, 6) is 1.29. The first-order valence-corrected chi connectivity index (χ1v) is 14.8. The molecule has 1 aromatic rings. The van der Waals surface area contributed by atoms with E-state index < -0.39 is 22.7 Å². The van der Waals surface area contributed by atoms with E-state index in [1.807, 2.05) is 24.4 Å². The van der Waals surface area contributed by atoms with Crippen LogP contribution in [0, 0.1) is 28.6 Å². The van der Waals surface area contributed by atoms with Crippen LogP contribution in [-0.4, -0.2) is 65.6 Å². The van der Waals surface area contributed by atoms with Crippen LogP contribution in [0.5, 0.6) is 11.5 Å². The van der Waals surface area contributed by atoms with Crippen LogP contribution >= 0.6 is 0 Å². The molecular weight excluding hydrogens is 510 g/mol. The fraction of sp³-hybridized carbons (Fsp3) is 0.688. The maximum Gasteiger partial charge on any atom is 0.331 e. The molecule has 0 bridgehead atoms. The number of nitrogens with zero attached hydrogens (tertiary/aromatic N) is 1. The Kier molecular flexibility index (Phi) is 6.83. The molecule has 218 valence electrons. The summed E-state index contributed by atoms with van der Waals surface area (Å²) in [6, 6.07) is 5.71. The van der Waals surface area contributed by atoms with Gasteiger partial charge in [0.25, 0.3) is 0 Å². The van der Waals surface area contributed by atoms with E-state index in [1.54, 1.807) is 20.3 Å². The van der Waals surface area contributed by atoms with Crippen molar-refractivity contribution in [2.24, 2.45) is 33.6 Å². The summed E-state index contributed by atoms with van der Waals surface area (Å²) in [6.07, 6.45) is 9.09. The van der Waals surface area contributed by atoms with Gasteiger partial charge in [0.2, 0.25) is 0 Å². The van der Waals surface area contributed by atoms with E-state index in [0.717, 1.165) is 30.4 Å². The minimum atomic E-state index is -1.07. The summed E-state index contributed by atoms with van der Waals surface area (Å²) < 4.78 is 16.1. The third-order valence-corrected chi connectivity index (χ3v) is 11.6. The molecule has 4 fully saturated rings. The minimum Gasteiger partial charge on any atom is -0.497 e. The molecule has 1 heterocycles. The largest absolute Gasteiger partial charge is 0.497 e. The van der Waals surface area contributed by atoms with Crippen LogP contribution in [0.3, 0.4) is 0 Å². The molecule has 3 N–H and O–H groups in total. The summed E-state index contributed by atoms with van der Waals surface area (Å²) in [6.45, 7) is 2.94. The number of carbonyl (C=O) groups excluding carboxylic acids is 1. The van der Waals surface area contributed by atoms with Crippen molar-refractivity contribution >= 4 is 12.2 Å². The number of rotatable bonds is 6. The van der Waals surface area contributed by atoms with Crippen LogP contribution in [-0.2, 0) is 16.1 Å². The number of methoxy groups -OCH3 is 2. The van der Waals surface area contributed by atoms with Crippen LogP contribution < -0.4 is 9.47 Å². The van der Waals surface area contributed by atoms with Crippen molar-refractivity contribution in [3.63, 3.8) is 0 Å². The lowest BCUT2D eigenvalue weighted by Gasteiger charge is -2.65. The second-order valence-electron chi connectivity index (χ2n) is 13.2. The van der Waals surface area contributed by atoms with Crippen molar-refractivity contribution in [1.29, 1.82) is 0 Å². The Morgan fingerprint density at radius 1 is 1.00 bits per heavy atom. The number of benzene rings is 1. The number of esters is 1. The third-order valence-electron chi connectivity index (χ3n) is 11.6. The molecule has 1 aromatic carbocycles. The van der Waals surface area contributed by atoms with Gasteiger partial charge < -0.3 is 29.5 Å². The van der Waals surface area contributed by atoms with E-state index >= 15 is 0 Å². The summed E-state index contributed by atoms with van der Waals surface area (Å²) in [4.78, 5) is 16.8. The van der Waals surface area contributed by atoms with Gasteiger partial charge in [-0.25, -0.2) is 4.79 Å². The smallest absolute Gasteiger partial charge is 0.331 e. The SMILES string of the molecule is COc1cc(CN=C[C@]23CC[C@H](O)C[C@]2(O)CC[C@@H]2[C@@H]3CC[C@]3(C)[C@@H](C4=CC(=O)OC4)CC[C@@]23O)cc(OC)c1. The number of hydrogen-bond donors (Lipinski definition) is 3. The Balaban J connectivity index is 1.34. The molecule has 4 aliphatic carbocycles. The van der Waals surface area contributed by atoms with Crippen molar-refractivity contribution in [2.75, 3.05) is 20.8 Å². The van der Waals surface area contributed by atoms with Crippen molar-refractivity contribution in [2.45, 2.75) is 88.6 Å². The van der Waals surface area contributed by atoms with Crippen LogP contribution in [0.15, 0.2) is 34.8 Å². The molecule has 1 aliphatic heterocycles. The highest BCUT2D eigenvalue weighted by Crippen LogP contribution is 2.70. The zero-order valence-electron chi connectivity index (χ0n) is 23.9. The summed E-state index contributed by atoms with van der Waals surface area (Å²) in [5, 5.41) is 35.4. The van der Waals surface area contributed by atoms with E-state index in [-0.39, 0.29) is 29.1 Å². The predicted octanol–water partition coefficient (Wildman–Crippen LogP) is 3.99. The van der Waals surface area contributed by atoms with Crippen LogP contribution in [0.1, 0.15) is 70.3 Å².